The van der Waals surface area contributed by atoms with Crippen LogP contribution < -0.4 is 14.8 Å². The molecule has 0 spiro atoms. The molecule has 0 aliphatic heterocycles. The monoisotopic (exact) mass is 460 g/mol. The van der Waals surface area contributed by atoms with Crippen molar-refractivity contribution in [3.63, 3.8) is 0 Å². The summed E-state index contributed by atoms with van der Waals surface area (Å²) in [6.45, 7) is 4.57. The molecule has 1 amide bonds. The summed E-state index contributed by atoms with van der Waals surface area (Å²) < 4.78 is 12.1. The second-order valence-electron chi connectivity index (χ2n) is 5.94. The van der Waals surface area contributed by atoms with Crippen LogP contribution in [0.4, 0.5) is 5.13 Å². The molecule has 1 heterocycles. The van der Waals surface area contributed by atoms with Crippen LogP contribution >= 0.6 is 27.3 Å². The number of amides is 1. The second kappa shape index (κ2) is 9.71. The minimum Gasteiger partial charge on any atom is -0.494 e. The summed E-state index contributed by atoms with van der Waals surface area (Å²) in [5.41, 5.74) is 2.83. The number of ether oxygens (including phenoxy) is 2. The van der Waals surface area contributed by atoms with E-state index in [-0.39, 0.29) is 12.5 Å². The number of carbonyl (C=O) groups excluding carboxylic acids is 1. The highest BCUT2D eigenvalue weighted by molar-refractivity contribution is 9.10. The van der Waals surface area contributed by atoms with E-state index >= 15 is 0 Å². The lowest BCUT2D eigenvalue weighted by molar-refractivity contribution is -0.118. The quantitative estimate of drug-likeness (QED) is 0.478. The van der Waals surface area contributed by atoms with Gasteiger partial charge in [-0.15, -0.1) is 11.3 Å². The molecule has 5 nitrogen and oxygen atoms in total. The summed E-state index contributed by atoms with van der Waals surface area (Å²) in [7, 11) is 0. The molecule has 0 aliphatic carbocycles. The molecule has 3 rings (SSSR count). The molecule has 0 atom stereocenters. The average Bonchev–Trinajstić information content (AvgIpc) is 3.16. The van der Waals surface area contributed by atoms with Crippen molar-refractivity contribution in [3.8, 4) is 22.8 Å². The first-order valence-electron chi connectivity index (χ1n) is 8.99. The fraction of sp³-hybridized carbons (Fsp3) is 0.238. The molecule has 0 fully saturated rings. The SMILES string of the molecule is CCOc1ccc(-c2csc(NC(=O)COc3ccc(Br)cc3CC)n2)cc1. The zero-order chi connectivity index (χ0) is 19.9. The van der Waals surface area contributed by atoms with Gasteiger partial charge in [-0.3, -0.25) is 10.1 Å². The van der Waals surface area contributed by atoms with E-state index in [1.807, 2.05) is 61.7 Å². The predicted octanol–water partition coefficient (Wildman–Crippen LogP) is 5.55. The molecular formula is C21H21BrN2O3S. The molecule has 2 aromatic carbocycles. The van der Waals surface area contributed by atoms with Crippen molar-refractivity contribution in [2.24, 2.45) is 0 Å². The van der Waals surface area contributed by atoms with Gasteiger partial charge in [-0.2, -0.15) is 0 Å². The fourth-order valence-corrected chi connectivity index (χ4v) is 3.76. The predicted molar refractivity (Wildman–Crippen MR) is 116 cm³/mol. The lowest BCUT2D eigenvalue weighted by atomic mass is 10.1. The molecule has 0 saturated heterocycles. The Kier molecular flexibility index (Phi) is 7.06. The van der Waals surface area contributed by atoms with E-state index in [1.54, 1.807) is 0 Å². The van der Waals surface area contributed by atoms with Crippen LogP contribution in [-0.2, 0) is 11.2 Å². The number of benzene rings is 2. The minimum absolute atomic E-state index is 0.0629. The van der Waals surface area contributed by atoms with Gasteiger partial charge in [0.2, 0.25) is 0 Å². The van der Waals surface area contributed by atoms with Crippen molar-refractivity contribution < 1.29 is 14.3 Å². The Hall–Kier alpha value is -2.38. The van der Waals surface area contributed by atoms with Crippen molar-refractivity contribution in [3.05, 3.63) is 57.9 Å². The number of hydrogen-bond donors (Lipinski definition) is 1. The summed E-state index contributed by atoms with van der Waals surface area (Å²) >= 11 is 4.83. The highest BCUT2D eigenvalue weighted by Gasteiger charge is 2.10. The standard InChI is InChI=1S/C21H21BrN2O3S/c1-3-14-11-16(22)7-10-19(14)27-12-20(25)24-21-23-18(13-28-21)15-5-8-17(9-6-15)26-4-2/h5-11,13H,3-4,12H2,1-2H3,(H,23,24,25). The van der Waals surface area contributed by atoms with Gasteiger partial charge >= 0.3 is 0 Å². The highest BCUT2D eigenvalue weighted by atomic mass is 79.9. The number of carbonyl (C=O) groups is 1. The van der Waals surface area contributed by atoms with Gasteiger partial charge < -0.3 is 9.47 Å². The number of aromatic nitrogens is 1. The van der Waals surface area contributed by atoms with Crippen molar-refractivity contribution in [1.82, 2.24) is 4.98 Å². The molecule has 0 saturated carbocycles. The Labute approximate surface area is 176 Å². The molecule has 0 unspecified atom stereocenters. The van der Waals surface area contributed by atoms with Gasteiger partial charge in [0.25, 0.3) is 5.91 Å². The number of aryl methyl sites for hydroxylation is 1. The van der Waals surface area contributed by atoms with Crippen molar-refractivity contribution in [2.45, 2.75) is 20.3 Å². The van der Waals surface area contributed by atoms with Gasteiger partial charge in [0.1, 0.15) is 11.5 Å². The fourth-order valence-electron chi connectivity index (χ4n) is 2.62. The number of hydrogen-bond acceptors (Lipinski definition) is 5. The van der Waals surface area contributed by atoms with E-state index in [0.29, 0.717) is 11.7 Å². The molecule has 146 valence electrons. The first kappa shape index (κ1) is 20.4. The number of nitrogens with one attached hydrogen (secondary N) is 1. The number of nitrogens with zero attached hydrogens (tertiary/aromatic N) is 1. The van der Waals surface area contributed by atoms with Crippen molar-refractivity contribution in [1.29, 1.82) is 0 Å². The summed E-state index contributed by atoms with van der Waals surface area (Å²) in [5.74, 6) is 1.30. The van der Waals surface area contributed by atoms with Gasteiger partial charge in [-0.1, -0.05) is 22.9 Å². The van der Waals surface area contributed by atoms with Gasteiger partial charge in [0.05, 0.1) is 12.3 Å². The average molecular weight is 461 g/mol. The summed E-state index contributed by atoms with van der Waals surface area (Å²) in [5, 5.41) is 5.25. The molecule has 0 radical (unpaired) electrons. The molecule has 1 aromatic heterocycles. The number of rotatable bonds is 8. The Bertz CT molecular complexity index is 941. The van der Waals surface area contributed by atoms with Gasteiger partial charge in [-0.05, 0) is 61.4 Å². The molecular weight excluding hydrogens is 440 g/mol. The van der Waals surface area contributed by atoms with Crippen LogP contribution in [0.25, 0.3) is 11.3 Å². The van der Waals surface area contributed by atoms with Crippen LogP contribution in [-0.4, -0.2) is 24.1 Å². The van der Waals surface area contributed by atoms with Crippen LogP contribution in [0.15, 0.2) is 52.3 Å². The summed E-state index contributed by atoms with van der Waals surface area (Å²) in [6.07, 6.45) is 0.828. The van der Waals surface area contributed by atoms with E-state index < -0.39 is 0 Å². The number of thiazole rings is 1. The van der Waals surface area contributed by atoms with Gasteiger partial charge in [0, 0.05) is 15.4 Å². The zero-order valence-electron chi connectivity index (χ0n) is 15.7. The number of anilines is 1. The Balaban J connectivity index is 1.58. The van der Waals surface area contributed by atoms with Gasteiger partial charge in [0.15, 0.2) is 11.7 Å². The van der Waals surface area contributed by atoms with Crippen LogP contribution in [0.1, 0.15) is 19.4 Å². The van der Waals surface area contributed by atoms with E-state index in [4.69, 9.17) is 9.47 Å². The minimum atomic E-state index is -0.238. The number of halogens is 1. The molecule has 3 aromatic rings. The van der Waals surface area contributed by atoms with E-state index in [2.05, 4.69) is 26.2 Å². The molecule has 1 N–H and O–H groups in total. The third-order valence-corrected chi connectivity index (χ3v) is 5.22. The normalized spacial score (nSPS) is 10.5. The Morgan fingerprint density at radius 2 is 1.93 bits per heavy atom. The third-order valence-electron chi connectivity index (χ3n) is 3.97. The first-order chi connectivity index (χ1) is 13.6. The van der Waals surface area contributed by atoms with Crippen LogP contribution in [0.2, 0.25) is 0 Å². The molecule has 0 bridgehead atoms. The maximum Gasteiger partial charge on any atom is 0.264 e. The van der Waals surface area contributed by atoms with Gasteiger partial charge in [-0.25, -0.2) is 4.98 Å². The van der Waals surface area contributed by atoms with Crippen LogP contribution in [0, 0.1) is 0 Å². The molecule has 28 heavy (non-hydrogen) atoms. The van der Waals surface area contributed by atoms with E-state index in [0.717, 1.165) is 39.2 Å². The van der Waals surface area contributed by atoms with Crippen LogP contribution in [0.5, 0.6) is 11.5 Å². The van der Waals surface area contributed by atoms with Crippen molar-refractivity contribution in [2.75, 3.05) is 18.5 Å². The molecule has 7 heteroatoms. The maximum atomic E-state index is 12.2. The smallest absolute Gasteiger partial charge is 0.264 e. The summed E-state index contributed by atoms with van der Waals surface area (Å²) in [4.78, 5) is 16.7. The maximum absolute atomic E-state index is 12.2. The van der Waals surface area contributed by atoms with E-state index in [1.165, 1.54) is 11.3 Å². The Morgan fingerprint density at radius 1 is 1.14 bits per heavy atom. The largest absolute Gasteiger partial charge is 0.494 e. The zero-order valence-corrected chi connectivity index (χ0v) is 18.1. The summed E-state index contributed by atoms with van der Waals surface area (Å²) in [6, 6.07) is 13.5. The second-order valence-corrected chi connectivity index (χ2v) is 7.71. The van der Waals surface area contributed by atoms with Crippen LogP contribution in [0.3, 0.4) is 0 Å². The third kappa shape index (κ3) is 5.33. The topological polar surface area (TPSA) is 60.5 Å². The first-order valence-corrected chi connectivity index (χ1v) is 10.7. The highest BCUT2D eigenvalue weighted by Crippen LogP contribution is 2.27. The lowest BCUT2D eigenvalue weighted by Gasteiger charge is -2.10. The molecule has 0 aliphatic rings. The van der Waals surface area contributed by atoms with Crippen molar-refractivity contribution >= 4 is 38.3 Å². The Morgan fingerprint density at radius 3 is 2.64 bits per heavy atom. The lowest BCUT2D eigenvalue weighted by Crippen LogP contribution is -2.20. The van der Waals surface area contributed by atoms with E-state index in [9.17, 15) is 4.79 Å².